The van der Waals surface area contributed by atoms with Crippen LogP contribution < -0.4 is 4.57 Å². The van der Waals surface area contributed by atoms with Crippen molar-refractivity contribution in [3.05, 3.63) is 89.6 Å². The van der Waals surface area contributed by atoms with Crippen molar-refractivity contribution in [2.75, 3.05) is 0 Å². The zero-order valence-corrected chi connectivity index (χ0v) is 18.9. The van der Waals surface area contributed by atoms with Gasteiger partial charge in [0.15, 0.2) is 6.20 Å². The van der Waals surface area contributed by atoms with Gasteiger partial charge in [0.2, 0.25) is 5.69 Å². The molecule has 0 fully saturated rings. The Morgan fingerprint density at radius 1 is 0.700 bits per heavy atom. The normalized spacial score (nSPS) is 16.2. The number of hydrogen-bond acceptors (Lipinski definition) is 0. The Bertz CT molecular complexity index is 1310. The number of rotatable bonds is 1. The third-order valence-corrected chi connectivity index (χ3v) is 7.86. The van der Waals surface area contributed by atoms with Gasteiger partial charge in [0.25, 0.3) is 0 Å². The molecule has 30 heavy (non-hydrogen) atoms. The highest BCUT2D eigenvalue weighted by atomic mass is 14.9. The van der Waals surface area contributed by atoms with Crippen LogP contribution in [0.15, 0.2) is 72.9 Å². The summed E-state index contributed by atoms with van der Waals surface area (Å²) in [5, 5.41) is 2.71. The topological polar surface area (TPSA) is 3.88 Å². The van der Waals surface area contributed by atoms with Gasteiger partial charge in [-0.1, -0.05) is 70.2 Å². The highest BCUT2D eigenvalue weighted by Gasteiger charge is 2.47. The number of fused-ring (bicyclic) bond motifs is 5. The zero-order chi connectivity index (χ0) is 21.3. The van der Waals surface area contributed by atoms with E-state index in [4.69, 9.17) is 0 Å². The van der Waals surface area contributed by atoms with Gasteiger partial charge in [0, 0.05) is 23.1 Å². The van der Waals surface area contributed by atoms with Gasteiger partial charge in [0.05, 0.1) is 0 Å². The van der Waals surface area contributed by atoms with Gasteiger partial charge in [-0.2, -0.15) is 0 Å². The summed E-state index contributed by atoms with van der Waals surface area (Å²) in [6.45, 7) is 12.0. The van der Waals surface area contributed by atoms with E-state index in [0.29, 0.717) is 0 Å². The molecule has 1 aromatic heterocycles. The number of aryl methyl sites for hydroxylation is 1. The van der Waals surface area contributed by atoms with Crippen LogP contribution in [0.5, 0.6) is 0 Å². The molecule has 1 nitrogen and oxygen atoms in total. The Morgan fingerprint density at radius 3 is 2.17 bits per heavy atom. The average molecular weight is 393 g/mol. The summed E-state index contributed by atoms with van der Waals surface area (Å²) in [4.78, 5) is 0. The molecular formula is C29H30N+. The van der Waals surface area contributed by atoms with E-state index in [1.54, 1.807) is 0 Å². The number of nitrogens with zero attached hydrogens (tertiary/aromatic N) is 1. The first-order valence-corrected chi connectivity index (χ1v) is 10.9. The van der Waals surface area contributed by atoms with E-state index >= 15 is 0 Å². The fraction of sp³-hybridized carbons (Fsp3) is 0.276. The lowest BCUT2D eigenvalue weighted by Crippen LogP contribution is -2.44. The van der Waals surface area contributed by atoms with Gasteiger partial charge in [0.1, 0.15) is 7.05 Å². The third-order valence-electron chi connectivity index (χ3n) is 7.86. The maximum Gasteiger partial charge on any atom is 0.212 e. The Morgan fingerprint density at radius 2 is 1.40 bits per heavy atom. The van der Waals surface area contributed by atoms with Crippen LogP contribution in [0.4, 0.5) is 0 Å². The molecule has 0 radical (unpaired) electrons. The molecule has 4 aromatic rings. The summed E-state index contributed by atoms with van der Waals surface area (Å²) in [5.41, 5.74) is 9.71. The SMILES string of the molecule is Cc1c(-c2cccc[n+]2C)ccc2c1-c1ccc3ccccc3c1C(C)(C)C2(C)C. The Hall–Kier alpha value is -2.93. The van der Waals surface area contributed by atoms with Crippen LogP contribution in [0.2, 0.25) is 0 Å². The minimum absolute atomic E-state index is 0.0154. The van der Waals surface area contributed by atoms with E-state index in [-0.39, 0.29) is 10.8 Å². The molecule has 0 aliphatic heterocycles. The quantitative estimate of drug-likeness (QED) is 0.311. The molecule has 1 aliphatic rings. The van der Waals surface area contributed by atoms with E-state index < -0.39 is 0 Å². The molecule has 1 aliphatic carbocycles. The van der Waals surface area contributed by atoms with Crippen LogP contribution in [0.25, 0.3) is 33.2 Å². The molecule has 0 saturated carbocycles. The van der Waals surface area contributed by atoms with Crippen molar-refractivity contribution in [2.24, 2.45) is 7.05 Å². The van der Waals surface area contributed by atoms with E-state index in [0.717, 1.165) is 0 Å². The van der Waals surface area contributed by atoms with Crippen LogP contribution in [0.3, 0.4) is 0 Å². The van der Waals surface area contributed by atoms with Crippen molar-refractivity contribution >= 4 is 10.8 Å². The molecule has 0 bridgehead atoms. The van der Waals surface area contributed by atoms with E-state index in [1.807, 2.05) is 0 Å². The minimum Gasteiger partial charge on any atom is -0.201 e. The number of pyridine rings is 1. The fourth-order valence-corrected chi connectivity index (χ4v) is 5.46. The lowest BCUT2D eigenvalue weighted by molar-refractivity contribution is -0.660. The van der Waals surface area contributed by atoms with Crippen LogP contribution in [0, 0.1) is 6.92 Å². The number of benzene rings is 3. The number of hydrogen-bond donors (Lipinski definition) is 0. The predicted octanol–water partition coefficient (Wildman–Crippen LogP) is 6.88. The highest BCUT2D eigenvalue weighted by molar-refractivity contribution is 5.97. The summed E-state index contributed by atoms with van der Waals surface area (Å²) in [6.07, 6.45) is 2.13. The van der Waals surface area contributed by atoms with E-state index in [2.05, 4.69) is 119 Å². The second-order valence-electron chi connectivity index (χ2n) is 9.82. The van der Waals surface area contributed by atoms with Crippen molar-refractivity contribution < 1.29 is 4.57 Å². The van der Waals surface area contributed by atoms with Gasteiger partial charge < -0.3 is 0 Å². The molecule has 0 saturated heterocycles. The van der Waals surface area contributed by atoms with Crippen molar-refractivity contribution in [2.45, 2.75) is 45.4 Å². The van der Waals surface area contributed by atoms with Crippen molar-refractivity contribution in [1.82, 2.24) is 0 Å². The lowest BCUT2D eigenvalue weighted by Gasteiger charge is -2.49. The van der Waals surface area contributed by atoms with Crippen LogP contribution in [-0.4, -0.2) is 0 Å². The summed E-state index contributed by atoms with van der Waals surface area (Å²) in [5.74, 6) is 0. The third kappa shape index (κ3) is 2.38. The molecule has 150 valence electrons. The molecule has 0 atom stereocenters. The Labute approximate surface area is 180 Å². The van der Waals surface area contributed by atoms with Gasteiger partial charge in [-0.3, -0.25) is 0 Å². The van der Waals surface area contributed by atoms with Gasteiger partial charge in [-0.05, 0) is 63.1 Å². The monoisotopic (exact) mass is 392 g/mol. The molecule has 0 spiro atoms. The van der Waals surface area contributed by atoms with Crippen LogP contribution in [-0.2, 0) is 17.9 Å². The van der Waals surface area contributed by atoms with Crippen molar-refractivity contribution in [3.8, 4) is 22.4 Å². The standard InChI is InChI=1S/C29H30N/c1-19-21(25-13-9-10-18-30(25)6)16-17-24-26(19)23-15-14-20-11-7-8-12-22(20)27(23)29(4,5)28(24,2)3/h7-18H,1-6H3/q+1. The van der Waals surface area contributed by atoms with Crippen LogP contribution >= 0.6 is 0 Å². The first-order valence-electron chi connectivity index (χ1n) is 10.9. The minimum atomic E-state index is 0.0154. The predicted molar refractivity (Wildman–Crippen MR) is 127 cm³/mol. The maximum absolute atomic E-state index is 2.42. The van der Waals surface area contributed by atoms with Gasteiger partial charge in [-0.15, -0.1) is 0 Å². The molecular weight excluding hydrogens is 362 g/mol. The molecule has 1 heteroatoms. The summed E-state index contributed by atoms with van der Waals surface area (Å²) in [6, 6.07) is 24.6. The largest absolute Gasteiger partial charge is 0.212 e. The molecule has 3 aromatic carbocycles. The van der Waals surface area contributed by atoms with Crippen LogP contribution in [0.1, 0.15) is 44.4 Å². The average Bonchev–Trinajstić information content (AvgIpc) is 2.72. The molecule has 5 rings (SSSR count). The summed E-state index contributed by atoms with van der Waals surface area (Å²) < 4.78 is 2.22. The maximum atomic E-state index is 2.42. The summed E-state index contributed by atoms with van der Waals surface area (Å²) >= 11 is 0. The Balaban J connectivity index is 1.92. The van der Waals surface area contributed by atoms with Crippen molar-refractivity contribution in [1.29, 1.82) is 0 Å². The van der Waals surface area contributed by atoms with Crippen molar-refractivity contribution in [3.63, 3.8) is 0 Å². The van der Waals surface area contributed by atoms with E-state index in [9.17, 15) is 0 Å². The lowest BCUT2D eigenvalue weighted by atomic mass is 9.54. The van der Waals surface area contributed by atoms with E-state index in [1.165, 1.54) is 49.8 Å². The second kappa shape index (κ2) is 6.28. The Kier molecular flexibility index (Phi) is 3.99. The van der Waals surface area contributed by atoms with Gasteiger partial charge in [-0.25, -0.2) is 4.57 Å². The molecule has 0 unspecified atom stereocenters. The highest BCUT2D eigenvalue weighted by Crippen LogP contribution is 2.56. The zero-order valence-electron chi connectivity index (χ0n) is 18.9. The smallest absolute Gasteiger partial charge is 0.201 e. The number of aromatic nitrogens is 1. The molecule has 0 amide bonds. The first kappa shape index (κ1) is 19.1. The van der Waals surface area contributed by atoms with Gasteiger partial charge >= 0.3 is 0 Å². The summed E-state index contributed by atoms with van der Waals surface area (Å²) in [7, 11) is 2.13. The molecule has 1 heterocycles. The molecule has 0 N–H and O–H groups in total. The second-order valence-corrected chi connectivity index (χ2v) is 9.82. The first-order chi connectivity index (χ1) is 14.2. The fourth-order valence-electron chi connectivity index (χ4n) is 5.46.